The fraction of sp³-hybridized carbons (Fsp3) is 0.154. The predicted octanol–water partition coefficient (Wildman–Crippen LogP) is 3.17. The zero-order valence-electron chi connectivity index (χ0n) is 10.3. The summed E-state index contributed by atoms with van der Waals surface area (Å²) in [5.41, 5.74) is -0.425. The van der Waals surface area contributed by atoms with Crippen molar-refractivity contribution >= 4 is 9.84 Å². The second-order valence-corrected chi connectivity index (χ2v) is 6.22. The number of pyridine rings is 1. The lowest BCUT2D eigenvalue weighted by Gasteiger charge is -2.08. The van der Waals surface area contributed by atoms with Crippen molar-refractivity contribution in [1.82, 2.24) is 4.98 Å². The average Bonchev–Trinajstić information content (AvgIpc) is 2.37. The molecule has 0 saturated heterocycles. The Kier molecular flexibility index (Phi) is 3.56. The summed E-state index contributed by atoms with van der Waals surface area (Å²) in [4.78, 5) is 3.64. The second-order valence-electron chi connectivity index (χ2n) is 4.20. The van der Waals surface area contributed by atoms with Gasteiger partial charge >= 0.3 is 6.18 Å². The fourth-order valence-electron chi connectivity index (χ4n) is 1.63. The zero-order valence-corrected chi connectivity index (χ0v) is 11.2. The molecule has 2 aromatic rings. The number of rotatable bonds is 2. The maximum Gasteiger partial charge on any atom is 0.433 e. The maximum absolute atomic E-state index is 12.6. The van der Waals surface area contributed by atoms with Crippen LogP contribution in [0.1, 0.15) is 5.69 Å². The van der Waals surface area contributed by atoms with Gasteiger partial charge < -0.3 is 0 Å². The van der Waals surface area contributed by atoms with Crippen LogP contribution in [0.2, 0.25) is 0 Å². The standard InChI is InChI=1S/C13H10F3NO2S/c1-20(18,19)10-7-5-9(6-8-10)11-3-2-4-12(17-11)13(14,15)16/h2-8H,1H3. The number of halogens is 3. The van der Waals surface area contributed by atoms with Crippen molar-refractivity contribution in [3.8, 4) is 11.3 Å². The molecule has 0 aliphatic heterocycles. The SMILES string of the molecule is CS(=O)(=O)c1ccc(-c2cccc(C(F)(F)F)n2)cc1. The third-order valence-electron chi connectivity index (χ3n) is 2.62. The Labute approximate surface area is 114 Å². The summed E-state index contributed by atoms with van der Waals surface area (Å²) >= 11 is 0. The quantitative estimate of drug-likeness (QED) is 0.856. The Morgan fingerprint density at radius 2 is 1.60 bits per heavy atom. The lowest BCUT2D eigenvalue weighted by molar-refractivity contribution is -0.141. The lowest BCUT2D eigenvalue weighted by Crippen LogP contribution is -2.08. The first-order valence-corrected chi connectivity index (χ1v) is 7.42. The van der Waals surface area contributed by atoms with Gasteiger partial charge in [-0.1, -0.05) is 18.2 Å². The molecule has 20 heavy (non-hydrogen) atoms. The summed E-state index contributed by atoms with van der Waals surface area (Å²) in [6.07, 6.45) is -3.45. The number of hydrogen-bond acceptors (Lipinski definition) is 3. The molecule has 0 aliphatic carbocycles. The molecular weight excluding hydrogens is 291 g/mol. The van der Waals surface area contributed by atoms with E-state index in [1.807, 2.05) is 0 Å². The normalized spacial score (nSPS) is 12.4. The third kappa shape index (κ3) is 3.16. The summed E-state index contributed by atoms with van der Waals surface area (Å²) in [6.45, 7) is 0. The van der Waals surface area contributed by atoms with Crippen molar-refractivity contribution in [1.29, 1.82) is 0 Å². The van der Waals surface area contributed by atoms with E-state index < -0.39 is 21.7 Å². The number of benzene rings is 1. The molecule has 106 valence electrons. The number of sulfone groups is 1. The first kappa shape index (κ1) is 14.5. The van der Waals surface area contributed by atoms with Gasteiger partial charge in [-0.25, -0.2) is 13.4 Å². The average molecular weight is 301 g/mol. The summed E-state index contributed by atoms with van der Waals surface area (Å²) in [6, 6.07) is 9.12. The van der Waals surface area contributed by atoms with Crippen LogP contribution in [0.25, 0.3) is 11.3 Å². The van der Waals surface area contributed by atoms with E-state index in [-0.39, 0.29) is 10.6 Å². The van der Waals surface area contributed by atoms with E-state index in [4.69, 9.17) is 0 Å². The molecule has 0 spiro atoms. The van der Waals surface area contributed by atoms with Gasteiger partial charge in [0.2, 0.25) is 0 Å². The van der Waals surface area contributed by atoms with E-state index in [2.05, 4.69) is 4.98 Å². The largest absolute Gasteiger partial charge is 0.433 e. The maximum atomic E-state index is 12.6. The van der Waals surface area contributed by atoms with Crippen LogP contribution in [0.15, 0.2) is 47.4 Å². The molecule has 0 bridgehead atoms. The first-order chi connectivity index (χ1) is 9.18. The molecule has 3 nitrogen and oxygen atoms in total. The molecule has 0 saturated carbocycles. The third-order valence-corrected chi connectivity index (χ3v) is 3.75. The Morgan fingerprint density at radius 3 is 2.10 bits per heavy atom. The highest BCUT2D eigenvalue weighted by Gasteiger charge is 2.32. The van der Waals surface area contributed by atoms with E-state index in [9.17, 15) is 21.6 Å². The van der Waals surface area contributed by atoms with Crippen molar-refractivity contribution in [2.24, 2.45) is 0 Å². The van der Waals surface area contributed by atoms with Crippen LogP contribution < -0.4 is 0 Å². The van der Waals surface area contributed by atoms with Crippen LogP contribution in [0.4, 0.5) is 13.2 Å². The molecule has 1 aromatic carbocycles. The number of hydrogen-bond donors (Lipinski definition) is 0. The molecule has 0 fully saturated rings. The molecule has 0 amide bonds. The summed E-state index contributed by atoms with van der Waals surface area (Å²) in [5.74, 6) is 0. The van der Waals surface area contributed by atoms with E-state index in [1.165, 1.54) is 36.4 Å². The minimum absolute atomic E-state index is 0.105. The van der Waals surface area contributed by atoms with Crippen LogP contribution in [0.3, 0.4) is 0 Å². The molecule has 1 aromatic heterocycles. The molecule has 2 rings (SSSR count). The summed E-state index contributed by atoms with van der Waals surface area (Å²) < 4.78 is 60.3. The van der Waals surface area contributed by atoms with Gasteiger partial charge in [0.15, 0.2) is 9.84 Å². The number of alkyl halides is 3. The lowest BCUT2D eigenvalue weighted by atomic mass is 10.1. The second kappa shape index (κ2) is 4.90. The molecule has 0 radical (unpaired) electrons. The molecule has 0 aliphatic rings. The zero-order chi connectivity index (χ0) is 15.0. The highest BCUT2D eigenvalue weighted by atomic mass is 32.2. The van der Waals surface area contributed by atoms with Gasteiger partial charge in [-0.15, -0.1) is 0 Å². The number of nitrogens with zero attached hydrogens (tertiary/aromatic N) is 1. The summed E-state index contributed by atoms with van der Waals surface area (Å²) in [5, 5.41) is 0. The van der Waals surface area contributed by atoms with E-state index in [1.54, 1.807) is 0 Å². The van der Waals surface area contributed by atoms with Crippen molar-refractivity contribution in [2.75, 3.05) is 6.26 Å². The van der Waals surface area contributed by atoms with Crippen LogP contribution in [-0.4, -0.2) is 19.7 Å². The molecular formula is C13H10F3NO2S. The van der Waals surface area contributed by atoms with Crippen molar-refractivity contribution in [2.45, 2.75) is 11.1 Å². The van der Waals surface area contributed by atoms with Crippen molar-refractivity contribution < 1.29 is 21.6 Å². The number of aromatic nitrogens is 1. The Hall–Kier alpha value is -1.89. The topological polar surface area (TPSA) is 47.0 Å². The molecule has 7 heteroatoms. The van der Waals surface area contributed by atoms with Gasteiger partial charge in [-0.05, 0) is 24.3 Å². The first-order valence-electron chi connectivity index (χ1n) is 5.53. The van der Waals surface area contributed by atoms with Crippen LogP contribution >= 0.6 is 0 Å². The van der Waals surface area contributed by atoms with Gasteiger partial charge in [0.25, 0.3) is 0 Å². The monoisotopic (exact) mass is 301 g/mol. The Bertz CT molecular complexity index is 722. The van der Waals surface area contributed by atoms with Crippen molar-refractivity contribution in [3.63, 3.8) is 0 Å². The highest BCUT2D eigenvalue weighted by molar-refractivity contribution is 7.90. The molecule has 0 N–H and O–H groups in total. The minimum Gasteiger partial charge on any atom is -0.243 e. The van der Waals surface area contributed by atoms with Gasteiger partial charge in [-0.3, -0.25) is 0 Å². The van der Waals surface area contributed by atoms with Crippen LogP contribution in [0, 0.1) is 0 Å². The molecule has 1 heterocycles. The predicted molar refractivity (Wildman–Crippen MR) is 67.8 cm³/mol. The van der Waals surface area contributed by atoms with E-state index in [0.29, 0.717) is 5.56 Å². The minimum atomic E-state index is -4.51. The van der Waals surface area contributed by atoms with Crippen molar-refractivity contribution in [3.05, 3.63) is 48.2 Å². The molecule has 0 unspecified atom stereocenters. The van der Waals surface area contributed by atoms with Crippen LogP contribution in [-0.2, 0) is 16.0 Å². The smallest absolute Gasteiger partial charge is 0.243 e. The highest BCUT2D eigenvalue weighted by Crippen LogP contribution is 2.29. The van der Waals surface area contributed by atoms with E-state index in [0.717, 1.165) is 12.3 Å². The fourth-order valence-corrected chi connectivity index (χ4v) is 2.26. The van der Waals surface area contributed by atoms with Gasteiger partial charge in [0.05, 0.1) is 10.6 Å². The van der Waals surface area contributed by atoms with Gasteiger partial charge in [0, 0.05) is 11.8 Å². The van der Waals surface area contributed by atoms with Gasteiger partial charge in [-0.2, -0.15) is 13.2 Å². The van der Waals surface area contributed by atoms with Gasteiger partial charge in [0.1, 0.15) is 5.69 Å². The molecule has 0 atom stereocenters. The Balaban J connectivity index is 2.43. The summed E-state index contributed by atoms with van der Waals surface area (Å²) in [7, 11) is -3.33. The van der Waals surface area contributed by atoms with E-state index >= 15 is 0 Å². The van der Waals surface area contributed by atoms with Crippen LogP contribution in [0.5, 0.6) is 0 Å². The Morgan fingerprint density at radius 1 is 1.00 bits per heavy atom.